The van der Waals surface area contributed by atoms with Crippen molar-refractivity contribution in [2.75, 3.05) is 12.4 Å². The normalized spacial score (nSPS) is 11.0. The lowest BCUT2D eigenvalue weighted by atomic mass is 10.1. The van der Waals surface area contributed by atoms with E-state index in [1.807, 2.05) is 18.2 Å². The molecule has 1 amide bonds. The summed E-state index contributed by atoms with van der Waals surface area (Å²) in [5, 5.41) is 10.8. The molecular weight excluding hydrogens is 404 g/mol. The fourth-order valence-corrected chi connectivity index (χ4v) is 2.85. The molecule has 0 radical (unpaired) electrons. The van der Waals surface area contributed by atoms with Crippen LogP contribution in [0.3, 0.4) is 0 Å². The van der Waals surface area contributed by atoms with Gasteiger partial charge in [-0.05, 0) is 30.3 Å². The number of hydrogen-bond acceptors (Lipinski definition) is 4. The Kier molecular flexibility index (Phi) is 4.82. The molecule has 0 atom stereocenters. The maximum atomic E-state index is 14.1. The number of carbonyl (C=O) groups excluding carboxylic acids is 1. The number of rotatable bonds is 4. The average Bonchev–Trinajstić information content (AvgIpc) is 3.17. The van der Waals surface area contributed by atoms with E-state index in [-0.39, 0.29) is 5.69 Å². The number of aromatic nitrogens is 3. The summed E-state index contributed by atoms with van der Waals surface area (Å²) < 4.78 is 60.3. The van der Waals surface area contributed by atoms with Crippen LogP contribution in [0, 0.1) is 23.3 Å². The summed E-state index contributed by atoms with van der Waals surface area (Å²) in [5.74, 6) is -9.95. The highest BCUT2D eigenvalue weighted by Crippen LogP contribution is 2.30. The van der Waals surface area contributed by atoms with E-state index in [2.05, 4.69) is 20.3 Å². The Labute approximate surface area is 166 Å². The number of para-hydroxylation sites is 1. The summed E-state index contributed by atoms with van der Waals surface area (Å²) in [5.41, 5.74) is 0.273. The van der Waals surface area contributed by atoms with E-state index in [4.69, 9.17) is 0 Å². The van der Waals surface area contributed by atoms with Crippen LogP contribution in [0.25, 0.3) is 16.7 Å². The van der Waals surface area contributed by atoms with Gasteiger partial charge in [0.1, 0.15) is 16.6 Å². The monoisotopic (exact) mass is 416 g/mol. The molecule has 152 valence electrons. The molecule has 30 heavy (non-hydrogen) atoms. The van der Waals surface area contributed by atoms with E-state index in [9.17, 15) is 22.4 Å². The maximum Gasteiger partial charge on any atom is 0.261 e. The zero-order valence-electron chi connectivity index (χ0n) is 15.3. The van der Waals surface area contributed by atoms with Gasteiger partial charge in [-0.3, -0.25) is 4.79 Å². The second-order valence-corrected chi connectivity index (χ2v) is 6.15. The Hall–Kier alpha value is -3.95. The first-order valence-electron chi connectivity index (χ1n) is 8.54. The molecule has 1 heterocycles. The summed E-state index contributed by atoms with van der Waals surface area (Å²) in [6.07, 6.45) is 0. The van der Waals surface area contributed by atoms with Gasteiger partial charge < -0.3 is 10.1 Å². The number of nitrogens with one attached hydrogen (secondary N) is 1. The summed E-state index contributed by atoms with van der Waals surface area (Å²) in [7, 11) is 0.845. The van der Waals surface area contributed by atoms with E-state index in [0.717, 1.165) is 7.11 Å². The largest absolute Gasteiger partial charge is 0.491 e. The molecular formula is C20H12F4N4O2. The van der Waals surface area contributed by atoms with Crippen LogP contribution >= 0.6 is 0 Å². The maximum absolute atomic E-state index is 14.1. The smallest absolute Gasteiger partial charge is 0.261 e. The molecule has 0 saturated heterocycles. The van der Waals surface area contributed by atoms with Crippen molar-refractivity contribution >= 4 is 22.6 Å². The Morgan fingerprint density at radius 2 is 1.53 bits per heavy atom. The number of halogens is 4. The minimum atomic E-state index is -1.86. The van der Waals surface area contributed by atoms with Crippen LogP contribution in [0.1, 0.15) is 10.4 Å². The van der Waals surface area contributed by atoms with E-state index < -0.39 is 40.5 Å². The predicted octanol–water partition coefficient (Wildman–Crippen LogP) is 4.24. The molecule has 1 N–H and O–H groups in total. The molecule has 0 fully saturated rings. The third-order valence-electron chi connectivity index (χ3n) is 4.28. The van der Waals surface area contributed by atoms with Gasteiger partial charge in [-0.25, -0.2) is 8.78 Å². The molecule has 1 aromatic heterocycles. The minimum Gasteiger partial charge on any atom is -0.491 e. The lowest BCUT2D eigenvalue weighted by molar-refractivity contribution is 0.101. The van der Waals surface area contributed by atoms with Gasteiger partial charge in [0.25, 0.3) is 5.91 Å². The molecule has 0 spiro atoms. The zero-order valence-corrected chi connectivity index (χ0v) is 15.3. The quantitative estimate of drug-likeness (QED) is 0.399. The van der Waals surface area contributed by atoms with Crippen molar-refractivity contribution in [3.8, 4) is 11.4 Å². The fraction of sp³-hybridized carbons (Fsp3) is 0.0500. The van der Waals surface area contributed by atoms with E-state index in [1.165, 1.54) is 23.0 Å². The Morgan fingerprint density at radius 1 is 0.900 bits per heavy atom. The highest BCUT2D eigenvalue weighted by atomic mass is 19.2. The van der Waals surface area contributed by atoms with Crippen LogP contribution in [0.2, 0.25) is 0 Å². The van der Waals surface area contributed by atoms with Crippen molar-refractivity contribution in [3.05, 3.63) is 77.4 Å². The number of anilines is 1. The lowest BCUT2D eigenvalue weighted by Crippen LogP contribution is -2.18. The molecule has 0 aliphatic carbocycles. The fourth-order valence-electron chi connectivity index (χ4n) is 2.85. The standard InChI is InChI=1S/C20H12F4N4O2/c1-30-19-17(23)15(21)14(16(22)18(19)24)20(29)25-10-7-8-12-13(9-10)27-28(26-12)11-5-3-2-4-6-11/h2-9H,1H3,(H,25,29). The number of ether oxygens (including phenoxy) is 1. The van der Waals surface area contributed by atoms with E-state index in [0.29, 0.717) is 16.7 Å². The molecule has 4 rings (SSSR count). The van der Waals surface area contributed by atoms with Gasteiger partial charge in [0.15, 0.2) is 17.4 Å². The van der Waals surface area contributed by atoms with Crippen LogP contribution in [0.5, 0.6) is 5.75 Å². The van der Waals surface area contributed by atoms with Crippen LogP contribution in [-0.2, 0) is 0 Å². The first kappa shape index (κ1) is 19.4. The second-order valence-electron chi connectivity index (χ2n) is 6.15. The minimum absolute atomic E-state index is 0.100. The highest BCUT2D eigenvalue weighted by molar-refractivity contribution is 6.05. The number of nitrogens with zero attached hydrogens (tertiary/aromatic N) is 3. The number of carbonyl (C=O) groups is 1. The van der Waals surface area contributed by atoms with Crippen LogP contribution in [0.15, 0.2) is 48.5 Å². The molecule has 3 aromatic carbocycles. The van der Waals surface area contributed by atoms with Crippen molar-refractivity contribution in [1.82, 2.24) is 15.0 Å². The molecule has 6 nitrogen and oxygen atoms in total. The Balaban J connectivity index is 1.67. The van der Waals surface area contributed by atoms with Gasteiger partial charge in [-0.2, -0.15) is 13.6 Å². The van der Waals surface area contributed by atoms with Crippen molar-refractivity contribution in [2.45, 2.75) is 0 Å². The van der Waals surface area contributed by atoms with E-state index >= 15 is 0 Å². The zero-order chi connectivity index (χ0) is 21.4. The van der Waals surface area contributed by atoms with Crippen LogP contribution < -0.4 is 10.1 Å². The van der Waals surface area contributed by atoms with Crippen LogP contribution in [0.4, 0.5) is 23.2 Å². The average molecular weight is 416 g/mol. The molecule has 0 unspecified atom stereocenters. The van der Waals surface area contributed by atoms with Gasteiger partial charge in [-0.1, -0.05) is 18.2 Å². The topological polar surface area (TPSA) is 69.0 Å². The lowest BCUT2D eigenvalue weighted by Gasteiger charge is -2.11. The summed E-state index contributed by atoms with van der Waals surface area (Å²) >= 11 is 0. The molecule has 4 aromatic rings. The van der Waals surface area contributed by atoms with Gasteiger partial charge in [0, 0.05) is 5.69 Å². The Morgan fingerprint density at radius 3 is 2.17 bits per heavy atom. The molecule has 0 aliphatic rings. The molecule has 0 aliphatic heterocycles. The number of hydrogen-bond donors (Lipinski definition) is 1. The summed E-state index contributed by atoms with van der Waals surface area (Å²) in [4.78, 5) is 13.7. The van der Waals surface area contributed by atoms with Gasteiger partial charge >= 0.3 is 0 Å². The predicted molar refractivity (Wildman–Crippen MR) is 99.6 cm³/mol. The van der Waals surface area contributed by atoms with Crippen molar-refractivity contribution < 1.29 is 27.1 Å². The first-order valence-corrected chi connectivity index (χ1v) is 8.54. The third kappa shape index (κ3) is 3.21. The highest BCUT2D eigenvalue weighted by Gasteiger charge is 2.30. The first-order chi connectivity index (χ1) is 14.4. The summed E-state index contributed by atoms with van der Waals surface area (Å²) in [6.45, 7) is 0. The number of benzene rings is 3. The number of amides is 1. The van der Waals surface area contributed by atoms with Crippen molar-refractivity contribution in [1.29, 1.82) is 0 Å². The number of fused-ring (bicyclic) bond motifs is 1. The Bertz CT molecular complexity index is 1250. The second kappa shape index (κ2) is 7.47. The number of methoxy groups -OCH3 is 1. The van der Waals surface area contributed by atoms with Gasteiger partial charge in [0.2, 0.25) is 11.6 Å². The molecule has 10 heteroatoms. The van der Waals surface area contributed by atoms with Gasteiger partial charge in [0.05, 0.1) is 12.8 Å². The van der Waals surface area contributed by atoms with Crippen molar-refractivity contribution in [3.63, 3.8) is 0 Å². The molecule has 0 bridgehead atoms. The van der Waals surface area contributed by atoms with Crippen LogP contribution in [-0.4, -0.2) is 28.0 Å². The summed E-state index contributed by atoms with van der Waals surface area (Å²) in [6, 6.07) is 13.4. The van der Waals surface area contributed by atoms with Crippen molar-refractivity contribution in [2.24, 2.45) is 0 Å². The SMILES string of the molecule is COc1c(F)c(F)c(C(=O)Nc2ccc3nn(-c4ccccc4)nc3c2)c(F)c1F. The molecule has 0 saturated carbocycles. The van der Waals surface area contributed by atoms with E-state index in [1.54, 1.807) is 12.1 Å². The third-order valence-corrected chi connectivity index (χ3v) is 4.28. The van der Waals surface area contributed by atoms with Gasteiger partial charge in [-0.15, -0.1) is 10.2 Å².